The van der Waals surface area contributed by atoms with Gasteiger partial charge in [-0.3, -0.25) is 28.7 Å². The van der Waals surface area contributed by atoms with Crippen molar-refractivity contribution < 1.29 is 49.1 Å². The van der Waals surface area contributed by atoms with E-state index in [4.69, 9.17) is 0 Å². The van der Waals surface area contributed by atoms with Crippen LogP contribution in [0.3, 0.4) is 0 Å². The van der Waals surface area contributed by atoms with Gasteiger partial charge in [-0.25, -0.2) is 8.42 Å². The standard InChI is InChI=1S/C23H16F6N4O5S2/c1-12(34)31-40(37,38)11-32-20(35)19(39-21(32)36)7-13-2-5-18-15(6-13)9-30-33(18)10-14-3-4-16(22(24,25)26)8-17(14)23(27,28)29/h2-9H,10-11H2,1H3,(H,31,34). The van der Waals surface area contributed by atoms with Crippen molar-refractivity contribution in [3.05, 3.63) is 69.8 Å². The molecule has 0 radical (unpaired) electrons. The molecule has 0 atom stereocenters. The fraction of sp³-hybridized carbons (Fsp3) is 0.217. The van der Waals surface area contributed by atoms with Gasteiger partial charge in [0.15, 0.2) is 5.88 Å². The lowest BCUT2D eigenvalue weighted by Gasteiger charge is -2.16. The Morgan fingerprint density at radius 2 is 1.75 bits per heavy atom. The highest BCUT2D eigenvalue weighted by Crippen LogP contribution is 2.38. The number of alkyl halides is 6. The van der Waals surface area contributed by atoms with Crippen molar-refractivity contribution in [2.45, 2.75) is 25.8 Å². The van der Waals surface area contributed by atoms with Crippen LogP contribution in [0.25, 0.3) is 17.0 Å². The van der Waals surface area contributed by atoms with E-state index >= 15 is 0 Å². The van der Waals surface area contributed by atoms with E-state index < -0.39 is 68.5 Å². The Balaban J connectivity index is 1.59. The third-order valence-electron chi connectivity index (χ3n) is 5.50. The van der Waals surface area contributed by atoms with Gasteiger partial charge in [0.2, 0.25) is 5.91 Å². The van der Waals surface area contributed by atoms with E-state index in [0.29, 0.717) is 39.2 Å². The van der Waals surface area contributed by atoms with Crippen molar-refractivity contribution in [2.75, 3.05) is 5.88 Å². The minimum absolute atomic E-state index is 0.0492. The lowest BCUT2D eigenvalue weighted by atomic mass is 10.0. The van der Waals surface area contributed by atoms with Gasteiger partial charge in [0.25, 0.3) is 21.2 Å². The third kappa shape index (κ3) is 6.30. The van der Waals surface area contributed by atoms with Crippen LogP contribution in [0.5, 0.6) is 0 Å². The summed E-state index contributed by atoms with van der Waals surface area (Å²) in [5.41, 5.74) is -2.61. The summed E-state index contributed by atoms with van der Waals surface area (Å²) < 4.78 is 106. The Hall–Kier alpha value is -3.86. The Kier molecular flexibility index (Phi) is 7.48. The molecule has 2 heterocycles. The van der Waals surface area contributed by atoms with E-state index in [0.717, 1.165) is 17.7 Å². The Labute approximate surface area is 225 Å². The smallest absolute Gasteiger partial charge is 0.274 e. The number of hydrogen-bond acceptors (Lipinski definition) is 7. The van der Waals surface area contributed by atoms with Gasteiger partial charge >= 0.3 is 12.4 Å². The lowest BCUT2D eigenvalue weighted by Crippen LogP contribution is -2.40. The summed E-state index contributed by atoms with van der Waals surface area (Å²) in [6.07, 6.45) is -7.40. The number of benzene rings is 2. The number of nitrogens with one attached hydrogen (secondary N) is 1. The first-order valence-corrected chi connectivity index (χ1v) is 13.4. The van der Waals surface area contributed by atoms with Gasteiger partial charge in [-0.05, 0) is 53.2 Å². The molecule has 212 valence electrons. The summed E-state index contributed by atoms with van der Waals surface area (Å²) >= 11 is 0.469. The zero-order valence-corrected chi connectivity index (χ0v) is 21.6. The maximum atomic E-state index is 13.5. The normalized spacial score (nSPS) is 15.9. The molecule has 4 rings (SSSR count). The van der Waals surface area contributed by atoms with Crippen LogP contribution in [0.4, 0.5) is 31.1 Å². The second-order valence-corrected chi connectivity index (χ2v) is 11.2. The zero-order valence-electron chi connectivity index (χ0n) is 20.0. The molecule has 17 heteroatoms. The summed E-state index contributed by atoms with van der Waals surface area (Å²) in [5, 5.41) is 3.56. The molecule has 9 nitrogen and oxygen atoms in total. The molecule has 40 heavy (non-hydrogen) atoms. The van der Waals surface area contributed by atoms with Crippen LogP contribution in [0, 0.1) is 0 Å². The van der Waals surface area contributed by atoms with E-state index in [9.17, 15) is 49.1 Å². The SMILES string of the molecule is CC(=O)NS(=O)(=O)CN1C(=O)SC(=Cc2ccc3c(cnn3Cc3ccc(C(F)(F)F)cc3C(F)(F)F)c2)C1=O. The van der Waals surface area contributed by atoms with Crippen molar-refractivity contribution in [1.29, 1.82) is 0 Å². The molecular formula is C23H16F6N4O5S2. The average Bonchev–Trinajstić information content (AvgIpc) is 3.32. The summed E-state index contributed by atoms with van der Waals surface area (Å²) in [6, 6.07) is 5.77. The number of halogens is 6. The number of hydrogen-bond donors (Lipinski definition) is 1. The lowest BCUT2D eigenvalue weighted by molar-refractivity contribution is -0.143. The maximum Gasteiger partial charge on any atom is 0.416 e. The van der Waals surface area contributed by atoms with Crippen molar-refractivity contribution in [2.24, 2.45) is 0 Å². The summed E-state index contributed by atoms with van der Waals surface area (Å²) in [5.74, 6) is -2.88. The highest BCUT2D eigenvalue weighted by atomic mass is 32.2. The highest BCUT2D eigenvalue weighted by molar-refractivity contribution is 8.18. The molecule has 1 aromatic heterocycles. The van der Waals surface area contributed by atoms with Crippen LogP contribution < -0.4 is 4.72 Å². The van der Waals surface area contributed by atoms with Crippen LogP contribution in [0.2, 0.25) is 0 Å². The quantitative estimate of drug-likeness (QED) is 0.322. The number of imide groups is 1. The number of carbonyl (C=O) groups is 3. The molecule has 0 bridgehead atoms. The number of rotatable bonds is 6. The molecule has 0 unspecified atom stereocenters. The molecule has 1 saturated heterocycles. The number of sulfonamides is 1. The molecular weight excluding hydrogens is 590 g/mol. The molecule has 0 aliphatic carbocycles. The van der Waals surface area contributed by atoms with Crippen molar-refractivity contribution in [3.8, 4) is 0 Å². The van der Waals surface area contributed by atoms with Gasteiger partial charge < -0.3 is 0 Å². The number of carbonyl (C=O) groups excluding carboxylic acids is 3. The Morgan fingerprint density at radius 3 is 2.38 bits per heavy atom. The van der Waals surface area contributed by atoms with E-state index in [1.54, 1.807) is 4.72 Å². The first kappa shape index (κ1) is 29.1. The van der Waals surface area contributed by atoms with Gasteiger partial charge in [-0.2, -0.15) is 31.4 Å². The zero-order chi connectivity index (χ0) is 29.6. The largest absolute Gasteiger partial charge is 0.416 e. The second-order valence-electron chi connectivity index (χ2n) is 8.50. The maximum absolute atomic E-state index is 13.5. The summed E-state index contributed by atoms with van der Waals surface area (Å²) in [4.78, 5) is 36.2. The monoisotopic (exact) mass is 606 g/mol. The van der Waals surface area contributed by atoms with E-state index in [1.807, 2.05) is 0 Å². The molecule has 2 aromatic carbocycles. The van der Waals surface area contributed by atoms with Gasteiger partial charge in [0.1, 0.15) is 0 Å². The van der Waals surface area contributed by atoms with Crippen molar-refractivity contribution in [1.82, 2.24) is 19.4 Å². The third-order valence-corrected chi connectivity index (χ3v) is 7.60. The molecule has 3 amide bonds. The number of amides is 3. The fourth-order valence-corrected chi connectivity index (χ4v) is 5.82. The molecule has 1 aliphatic heterocycles. The first-order valence-electron chi connectivity index (χ1n) is 10.9. The molecule has 1 fully saturated rings. The number of nitrogens with zero attached hydrogens (tertiary/aromatic N) is 3. The van der Waals surface area contributed by atoms with Crippen molar-refractivity contribution >= 4 is 55.8 Å². The van der Waals surface area contributed by atoms with Gasteiger partial charge in [0, 0.05) is 12.3 Å². The first-order chi connectivity index (χ1) is 18.4. The van der Waals surface area contributed by atoms with Crippen LogP contribution in [-0.4, -0.2) is 46.0 Å². The predicted molar refractivity (Wildman–Crippen MR) is 131 cm³/mol. The highest BCUT2D eigenvalue weighted by Gasteiger charge is 2.39. The van der Waals surface area contributed by atoms with Gasteiger partial charge in [0.05, 0.1) is 34.3 Å². The van der Waals surface area contributed by atoms with Gasteiger partial charge in [-0.15, -0.1) is 0 Å². The predicted octanol–water partition coefficient (Wildman–Crippen LogP) is 4.58. The van der Waals surface area contributed by atoms with Gasteiger partial charge in [-0.1, -0.05) is 12.1 Å². The Bertz CT molecular complexity index is 1680. The van der Waals surface area contributed by atoms with Crippen molar-refractivity contribution in [3.63, 3.8) is 0 Å². The Morgan fingerprint density at radius 1 is 1.05 bits per heavy atom. The second kappa shape index (κ2) is 10.3. The number of thioether (sulfide) groups is 1. The molecule has 1 N–H and O–H groups in total. The minimum Gasteiger partial charge on any atom is -0.274 e. The van der Waals surface area contributed by atoms with Crippen LogP contribution in [0.1, 0.15) is 29.2 Å². The number of fused-ring (bicyclic) bond motifs is 1. The fourth-order valence-electron chi connectivity index (χ4n) is 3.82. The average molecular weight is 607 g/mol. The van der Waals surface area contributed by atoms with E-state index in [1.165, 1.54) is 30.5 Å². The van der Waals surface area contributed by atoms with E-state index in [-0.39, 0.29) is 11.0 Å². The van der Waals surface area contributed by atoms with Crippen LogP contribution >= 0.6 is 11.8 Å². The molecule has 0 spiro atoms. The van der Waals surface area contributed by atoms with E-state index in [2.05, 4.69) is 5.10 Å². The minimum atomic E-state index is -5.04. The van der Waals surface area contributed by atoms with Crippen LogP contribution in [0.15, 0.2) is 47.5 Å². The topological polar surface area (TPSA) is 118 Å². The summed E-state index contributed by atoms with van der Waals surface area (Å²) in [7, 11) is -4.29. The summed E-state index contributed by atoms with van der Waals surface area (Å²) in [6.45, 7) is 0.458. The molecule has 1 aliphatic rings. The van der Waals surface area contributed by atoms with Crippen LogP contribution in [-0.2, 0) is 38.5 Å². The number of aromatic nitrogens is 2. The molecule has 3 aromatic rings. The molecule has 0 saturated carbocycles.